The van der Waals surface area contributed by atoms with Crippen molar-refractivity contribution in [2.45, 2.75) is 13.5 Å². The number of nitrogens with zero attached hydrogens (tertiary/aromatic N) is 3. The van der Waals surface area contributed by atoms with E-state index in [-0.39, 0.29) is 5.95 Å². The number of methoxy groups -OCH3 is 1. The molecule has 0 saturated heterocycles. The topological polar surface area (TPSA) is 102 Å². The molecule has 21 heavy (non-hydrogen) atoms. The molecule has 0 aliphatic heterocycles. The number of rotatable bonds is 4. The minimum Gasteiger partial charge on any atom is -0.497 e. The highest BCUT2D eigenvalue weighted by Crippen LogP contribution is 2.19. The van der Waals surface area contributed by atoms with E-state index in [0.29, 0.717) is 12.4 Å². The molecule has 7 nitrogen and oxygen atoms in total. The Balaban J connectivity index is 1.80. The second kappa shape index (κ2) is 5.28. The number of nitrogen functional groups attached to an aromatic ring is 1. The minimum atomic E-state index is 0.248. The fraction of sp³-hybridized carbons (Fsp3) is 0.214. The van der Waals surface area contributed by atoms with Gasteiger partial charge in [0, 0.05) is 17.8 Å². The van der Waals surface area contributed by atoms with Gasteiger partial charge in [-0.15, -0.1) is 0 Å². The first-order valence-electron chi connectivity index (χ1n) is 6.51. The Kier molecular flexibility index (Phi) is 3.31. The van der Waals surface area contributed by atoms with E-state index in [4.69, 9.17) is 10.5 Å². The number of hydrogen-bond acceptors (Lipinski definition) is 6. The third kappa shape index (κ3) is 2.71. The number of anilines is 2. The van der Waals surface area contributed by atoms with Gasteiger partial charge in [0.15, 0.2) is 0 Å². The summed E-state index contributed by atoms with van der Waals surface area (Å²) in [4.78, 5) is 15.9. The first kappa shape index (κ1) is 13.2. The van der Waals surface area contributed by atoms with Gasteiger partial charge in [-0.3, -0.25) is 0 Å². The Morgan fingerprint density at radius 3 is 3.00 bits per heavy atom. The number of aryl methyl sites for hydroxylation is 1. The number of nitrogens with two attached hydrogens (primary N) is 1. The van der Waals surface area contributed by atoms with Crippen LogP contribution in [0, 0.1) is 6.92 Å². The van der Waals surface area contributed by atoms with Crippen molar-refractivity contribution >= 4 is 22.8 Å². The number of hydrogen-bond donors (Lipinski definition) is 3. The van der Waals surface area contributed by atoms with Crippen LogP contribution in [0.25, 0.3) is 11.0 Å². The predicted octanol–water partition coefficient (Wildman–Crippen LogP) is 1.86. The monoisotopic (exact) mass is 284 g/mol. The van der Waals surface area contributed by atoms with Gasteiger partial charge in [0.1, 0.15) is 17.4 Å². The molecule has 3 rings (SSSR count). The number of aromatic nitrogens is 4. The van der Waals surface area contributed by atoms with E-state index in [1.807, 2.05) is 25.1 Å². The number of nitrogens with one attached hydrogen (secondary N) is 2. The van der Waals surface area contributed by atoms with Crippen LogP contribution in [-0.4, -0.2) is 27.0 Å². The van der Waals surface area contributed by atoms with Crippen molar-refractivity contribution in [3.8, 4) is 5.75 Å². The molecule has 0 fully saturated rings. The van der Waals surface area contributed by atoms with Crippen molar-refractivity contribution in [3.05, 3.63) is 35.8 Å². The number of benzene rings is 1. The average Bonchev–Trinajstić information content (AvgIpc) is 2.89. The van der Waals surface area contributed by atoms with Crippen molar-refractivity contribution in [2.75, 3.05) is 18.2 Å². The highest BCUT2D eigenvalue weighted by molar-refractivity contribution is 5.76. The first-order valence-corrected chi connectivity index (χ1v) is 6.51. The maximum Gasteiger partial charge on any atom is 0.221 e. The van der Waals surface area contributed by atoms with Crippen LogP contribution in [0.2, 0.25) is 0 Å². The van der Waals surface area contributed by atoms with E-state index in [1.165, 1.54) is 0 Å². The highest BCUT2D eigenvalue weighted by atomic mass is 16.5. The fourth-order valence-corrected chi connectivity index (χ4v) is 2.05. The van der Waals surface area contributed by atoms with Crippen LogP contribution in [0.3, 0.4) is 0 Å². The van der Waals surface area contributed by atoms with Crippen molar-refractivity contribution < 1.29 is 4.74 Å². The molecule has 0 aliphatic rings. The second-order valence-electron chi connectivity index (χ2n) is 4.68. The zero-order valence-electron chi connectivity index (χ0n) is 11.8. The molecule has 2 heterocycles. The molecule has 0 aliphatic carbocycles. The third-order valence-corrected chi connectivity index (χ3v) is 3.15. The molecule has 0 unspecified atom stereocenters. The summed E-state index contributed by atoms with van der Waals surface area (Å²) >= 11 is 0. The van der Waals surface area contributed by atoms with E-state index < -0.39 is 0 Å². The van der Waals surface area contributed by atoms with E-state index in [2.05, 4.69) is 25.3 Å². The lowest BCUT2D eigenvalue weighted by atomic mass is 10.3. The van der Waals surface area contributed by atoms with Crippen LogP contribution < -0.4 is 15.8 Å². The van der Waals surface area contributed by atoms with Crippen LogP contribution >= 0.6 is 0 Å². The second-order valence-corrected chi connectivity index (χ2v) is 4.68. The number of aromatic amines is 1. The van der Waals surface area contributed by atoms with E-state index in [9.17, 15) is 0 Å². The molecule has 3 aromatic rings. The van der Waals surface area contributed by atoms with Crippen LogP contribution in [0.5, 0.6) is 5.75 Å². The SMILES string of the molecule is COc1ccc2nc(CNc3nc(N)ncc3C)[nH]c2c1. The van der Waals surface area contributed by atoms with Gasteiger partial charge in [-0.1, -0.05) is 0 Å². The molecule has 0 saturated carbocycles. The summed E-state index contributed by atoms with van der Waals surface area (Å²) in [6.07, 6.45) is 1.69. The maximum absolute atomic E-state index is 5.59. The molecule has 0 atom stereocenters. The molecular formula is C14H16N6O. The summed E-state index contributed by atoms with van der Waals surface area (Å²) in [5.74, 6) is 2.57. The number of ether oxygens (including phenoxy) is 1. The number of H-pyrrole nitrogens is 1. The van der Waals surface area contributed by atoms with Gasteiger partial charge in [-0.05, 0) is 19.1 Å². The summed E-state index contributed by atoms with van der Waals surface area (Å²) in [5, 5.41) is 3.20. The zero-order chi connectivity index (χ0) is 14.8. The lowest BCUT2D eigenvalue weighted by Gasteiger charge is -2.06. The highest BCUT2D eigenvalue weighted by Gasteiger charge is 2.06. The Bertz CT molecular complexity index is 782. The van der Waals surface area contributed by atoms with Gasteiger partial charge in [0.05, 0.1) is 24.7 Å². The molecule has 1 aromatic carbocycles. The molecule has 0 spiro atoms. The standard InChI is InChI=1S/C14H16N6O/c1-8-6-17-14(15)20-13(8)16-7-12-18-10-4-3-9(21-2)5-11(10)19-12/h3-6H,7H2,1-2H3,(H,18,19)(H3,15,16,17,20). The van der Waals surface area contributed by atoms with Crippen LogP contribution in [0.15, 0.2) is 24.4 Å². The third-order valence-electron chi connectivity index (χ3n) is 3.15. The Hall–Kier alpha value is -2.83. The van der Waals surface area contributed by atoms with Gasteiger partial charge >= 0.3 is 0 Å². The summed E-state index contributed by atoms with van der Waals surface area (Å²) < 4.78 is 5.20. The summed E-state index contributed by atoms with van der Waals surface area (Å²) in [6.45, 7) is 2.44. The largest absolute Gasteiger partial charge is 0.497 e. The van der Waals surface area contributed by atoms with Crippen molar-refractivity contribution in [2.24, 2.45) is 0 Å². The molecule has 4 N–H and O–H groups in total. The maximum atomic E-state index is 5.59. The Morgan fingerprint density at radius 1 is 1.33 bits per heavy atom. The van der Waals surface area contributed by atoms with Crippen LogP contribution in [0.4, 0.5) is 11.8 Å². The van der Waals surface area contributed by atoms with Gasteiger partial charge in [-0.25, -0.2) is 9.97 Å². The fourth-order valence-electron chi connectivity index (χ4n) is 2.05. The zero-order valence-corrected chi connectivity index (χ0v) is 11.8. The van der Waals surface area contributed by atoms with E-state index in [0.717, 1.165) is 28.2 Å². The van der Waals surface area contributed by atoms with Crippen molar-refractivity contribution in [1.82, 2.24) is 19.9 Å². The quantitative estimate of drug-likeness (QED) is 0.676. The van der Waals surface area contributed by atoms with E-state index in [1.54, 1.807) is 13.3 Å². The minimum absolute atomic E-state index is 0.248. The van der Waals surface area contributed by atoms with Gasteiger partial charge in [0.25, 0.3) is 0 Å². The molecule has 2 aromatic heterocycles. The molecule has 0 amide bonds. The first-order chi connectivity index (χ1) is 10.2. The van der Waals surface area contributed by atoms with Crippen LogP contribution in [0.1, 0.15) is 11.4 Å². The lowest BCUT2D eigenvalue weighted by molar-refractivity contribution is 0.415. The molecular weight excluding hydrogens is 268 g/mol. The molecule has 108 valence electrons. The summed E-state index contributed by atoms with van der Waals surface area (Å²) in [6, 6.07) is 5.72. The Labute approximate surface area is 121 Å². The van der Waals surface area contributed by atoms with Gasteiger partial charge < -0.3 is 20.8 Å². The van der Waals surface area contributed by atoms with E-state index >= 15 is 0 Å². The molecule has 0 bridgehead atoms. The van der Waals surface area contributed by atoms with Crippen molar-refractivity contribution in [3.63, 3.8) is 0 Å². The van der Waals surface area contributed by atoms with Gasteiger partial charge in [0.2, 0.25) is 5.95 Å². The number of fused-ring (bicyclic) bond motifs is 1. The summed E-state index contributed by atoms with van der Waals surface area (Å²) in [7, 11) is 1.64. The normalized spacial score (nSPS) is 10.8. The molecule has 0 radical (unpaired) electrons. The van der Waals surface area contributed by atoms with Gasteiger partial charge in [-0.2, -0.15) is 4.98 Å². The Morgan fingerprint density at radius 2 is 2.19 bits per heavy atom. The average molecular weight is 284 g/mol. The molecule has 7 heteroatoms. The number of imidazole rings is 1. The van der Waals surface area contributed by atoms with Crippen LogP contribution in [-0.2, 0) is 6.54 Å². The van der Waals surface area contributed by atoms with Crippen molar-refractivity contribution in [1.29, 1.82) is 0 Å². The smallest absolute Gasteiger partial charge is 0.221 e. The lowest BCUT2D eigenvalue weighted by Crippen LogP contribution is -2.07. The summed E-state index contributed by atoms with van der Waals surface area (Å²) in [5.41, 5.74) is 8.35. The predicted molar refractivity (Wildman–Crippen MR) is 81.2 cm³/mol.